The molecule has 0 radical (unpaired) electrons. The Morgan fingerprint density at radius 2 is 1.31 bits per heavy atom. The number of carbonyl (C=O) groups is 1. The van der Waals surface area contributed by atoms with E-state index >= 15 is 0 Å². The van der Waals surface area contributed by atoms with Gasteiger partial charge in [0, 0.05) is 16.0 Å². The molecule has 0 N–H and O–H groups in total. The van der Waals surface area contributed by atoms with Crippen molar-refractivity contribution in [3.63, 3.8) is 0 Å². The molecule has 0 saturated carbocycles. The van der Waals surface area contributed by atoms with Crippen LogP contribution in [0, 0.1) is 0 Å². The SMILES string of the molecule is O=C(c1ccccc1)C(Sc1ccccc1)(/C(Cl)=C\Cl)c1ccccc1. The summed E-state index contributed by atoms with van der Waals surface area (Å²) in [4.78, 5) is 14.6. The standard InChI is InChI=1S/C22H16Cl2OS/c23-16-20(24)22(18-12-6-2-7-13-18,26-19-14-8-3-9-15-19)21(25)17-10-4-1-5-11-17/h1-16H/b20-16+. The molecule has 130 valence electrons. The molecular weight excluding hydrogens is 383 g/mol. The van der Waals surface area contributed by atoms with E-state index in [2.05, 4.69) is 0 Å². The van der Waals surface area contributed by atoms with Crippen LogP contribution in [-0.4, -0.2) is 5.78 Å². The van der Waals surface area contributed by atoms with E-state index in [1.54, 1.807) is 12.1 Å². The molecule has 0 aromatic heterocycles. The smallest absolute Gasteiger partial charge is 0.189 e. The number of rotatable bonds is 6. The highest BCUT2D eigenvalue weighted by Crippen LogP contribution is 2.50. The van der Waals surface area contributed by atoms with Gasteiger partial charge < -0.3 is 0 Å². The molecule has 0 aliphatic carbocycles. The van der Waals surface area contributed by atoms with E-state index in [0.29, 0.717) is 5.56 Å². The molecule has 3 rings (SSSR count). The van der Waals surface area contributed by atoms with Crippen molar-refractivity contribution in [1.82, 2.24) is 0 Å². The summed E-state index contributed by atoms with van der Waals surface area (Å²) in [7, 11) is 0. The Labute approximate surface area is 167 Å². The molecule has 0 amide bonds. The summed E-state index contributed by atoms with van der Waals surface area (Å²) in [5.74, 6) is -0.111. The summed E-state index contributed by atoms with van der Waals surface area (Å²) in [6, 6.07) is 28.4. The van der Waals surface area contributed by atoms with Crippen molar-refractivity contribution in [3.05, 3.63) is 113 Å². The van der Waals surface area contributed by atoms with Gasteiger partial charge in [0.2, 0.25) is 0 Å². The van der Waals surface area contributed by atoms with E-state index in [0.717, 1.165) is 10.5 Å². The largest absolute Gasteiger partial charge is 0.292 e. The number of hydrogen-bond donors (Lipinski definition) is 0. The second kappa shape index (κ2) is 8.59. The quantitative estimate of drug-likeness (QED) is 0.332. The number of halogens is 2. The highest BCUT2D eigenvalue weighted by molar-refractivity contribution is 8.01. The minimum Gasteiger partial charge on any atom is -0.292 e. The lowest BCUT2D eigenvalue weighted by atomic mass is 9.89. The number of benzene rings is 3. The van der Waals surface area contributed by atoms with E-state index in [1.807, 2.05) is 78.9 Å². The van der Waals surface area contributed by atoms with E-state index in [1.165, 1.54) is 17.3 Å². The first-order valence-corrected chi connectivity index (χ1v) is 9.67. The Balaban J connectivity index is 2.23. The average molecular weight is 399 g/mol. The minimum absolute atomic E-state index is 0.111. The Morgan fingerprint density at radius 3 is 1.85 bits per heavy atom. The fourth-order valence-electron chi connectivity index (χ4n) is 2.74. The summed E-state index contributed by atoms with van der Waals surface area (Å²) in [6.45, 7) is 0. The maximum Gasteiger partial charge on any atom is 0.189 e. The lowest BCUT2D eigenvalue weighted by Crippen LogP contribution is -2.33. The predicted molar refractivity (Wildman–Crippen MR) is 111 cm³/mol. The maximum atomic E-state index is 13.7. The maximum absolute atomic E-state index is 13.7. The zero-order valence-electron chi connectivity index (χ0n) is 13.8. The number of Topliss-reactive ketones (excluding diaryl/α,β-unsaturated/α-hetero) is 1. The van der Waals surface area contributed by atoms with Crippen molar-refractivity contribution in [2.24, 2.45) is 0 Å². The highest BCUT2D eigenvalue weighted by atomic mass is 35.5. The molecule has 0 bridgehead atoms. The Morgan fingerprint density at radius 1 is 0.808 bits per heavy atom. The summed E-state index contributed by atoms with van der Waals surface area (Å²) >= 11 is 14.0. The Hall–Kier alpha value is -2.00. The summed E-state index contributed by atoms with van der Waals surface area (Å²) < 4.78 is -1.16. The molecule has 0 aliphatic rings. The molecule has 0 heterocycles. The van der Waals surface area contributed by atoms with Crippen LogP contribution in [0.15, 0.2) is 106 Å². The zero-order valence-corrected chi connectivity index (χ0v) is 16.1. The second-order valence-electron chi connectivity index (χ2n) is 5.61. The normalized spacial score (nSPS) is 13.8. The van der Waals surface area contributed by atoms with Crippen molar-refractivity contribution in [2.75, 3.05) is 0 Å². The molecule has 3 aromatic carbocycles. The van der Waals surface area contributed by atoms with Crippen molar-refractivity contribution in [2.45, 2.75) is 9.64 Å². The van der Waals surface area contributed by atoms with Crippen LogP contribution in [0.25, 0.3) is 0 Å². The van der Waals surface area contributed by atoms with Crippen molar-refractivity contribution < 1.29 is 4.79 Å². The van der Waals surface area contributed by atoms with Gasteiger partial charge in [-0.05, 0) is 17.7 Å². The van der Waals surface area contributed by atoms with Gasteiger partial charge in [0.15, 0.2) is 5.78 Å². The molecule has 0 saturated heterocycles. The van der Waals surface area contributed by atoms with E-state index in [-0.39, 0.29) is 10.8 Å². The van der Waals surface area contributed by atoms with Crippen LogP contribution in [0.3, 0.4) is 0 Å². The molecule has 0 fully saturated rings. The van der Waals surface area contributed by atoms with Crippen LogP contribution < -0.4 is 0 Å². The number of carbonyl (C=O) groups excluding carboxylic acids is 1. The van der Waals surface area contributed by atoms with Gasteiger partial charge in [0.05, 0.1) is 5.03 Å². The Kier molecular flexibility index (Phi) is 6.20. The molecule has 4 heteroatoms. The van der Waals surface area contributed by atoms with Gasteiger partial charge in [-0.1, -0.05) is 102 Å². The van der Waals surface area contributed by atoms with Gasteiger partial charge in [0.1, 0.15) is 4.75 Å². The van der Waals surface area contributed by atoms with E-state index < -0.39 is 4.75 Å². The molecule has 26 heavy (non-hydrogen) atoms. The predicted octanol–water partition coefficient (Wildman–Crippen LogP) is 6.88. The number of thioether (sulfide) groups is 1. The average Bonchev–Trinajstić information content (AvgIpc) is 2.73. The fraction of sp³-hybridized carbons (Fsp3) is 0.0455. The number of hydrogen-bond acceptors (Lipinski definition) is 2. The molecule has 1 nitrogen and oxygen atoms in total. The zero-order chi connectivity index (χ0) is 18.4. The van der Waals surface area contributed by atoms with Crippen molar-refractivity contribution in [1.29, 1.82) is 0 Å². The first-order valence-electron chi connectivity index (χ1n) is 8.04. The first kappa shape index (κ1) is 18.8. The van der Waals surface area contributed by atoms with E-state index in [4.69, 9.17) is 23.2 Å². The van der Waals surface area contributed by atoms with Gasteiger partial charge >= 0.3 is 0 Å². The third-order valence-corrected chi connectivity index (χ3v) is 6.27. The van der Waals surface area contributed by atoms with Gasteiger partial charge in [-0.3, -0.25) is 4.79 Å². The monoisotopic (exact) mass is 398 g/mol. The van der Waals surface area contributed by atoms with Crippen LogP contribution in [-0.2, 0) is 4.75 Å². The Bertz CT molecular complexity index is 895. The highest BCUT2D eigenvalue weighted by Gasteiger charge is 2.44. The topological polar surface area (TPSA) is 17.1 Å². The van der Waals surface area contributed by atoms with Gasteiger partial charge in [-0.2, -0.15) is 0 Å². The van der Waals surface area contributed by atoms with Crippen LogP contribution in [0.1, 0.15) is 15.9 Å². The number of ketones is 1. The second-order valence-corrected chi connectivity index (χ2v) is 7.53. The van der Waals surface area contributed by atoms with Crippen molar-refractivity contribution in [3.8, 4) is 0 Å². The molecule has 1 unspecified atom stereocenters. The van der Waals surface area contributed by atoms with Gasteiger partial charge in [-0.25, -0.2) is 0 Å². The molecule has 0 spiro atoms. The summed E-state index contributed by atoms with van der Waals surface area (Å²) in [5.41, 5.74) is 2.65. The molecule has 1 atom stereocenters. The minimum atomic E-state index is -1.16. The molecule has 3 aromatic rings. The van der Waals surface area contributed by atoms with Crippen LogP contribution >= 0.6 is 35.0 Å². The van der Waals surface area contributed by atoms with Crippen LogP contribution in [0.5, 0.6) is 0 Å². The summed E-state index contributed by atoms with van der Waals surface area (Å²) in [6.07, 6.45) is 0. The van der Waals surface area contributed by atoms with Crippen LogP contribution in [0.2, 0.25) is 0 Å². The lowest BCUT2D eigenvalue weighted by Gasteiger charge is -2.32. The molecule has 0 aliphatic heterocycles. The molecular formula is C22H16Cl2OS. The van der Waals surface area contributed by atoms with Gasteiger partial charge in [-0.15, -0.1) is 11.8 Å². The fourth-order valence-corrected chi connectivity index (χ4v) is 4.55. The van der Waals surface area contributed by atoms with Gasteiger partial charge in [0.25, 0.3) is 0 Å². The third-order valence-electron chi connectivity index (χ3n) is 3.98. The first-order chi connectivity index (χ1) is 12.7. The third kappa shape index (κ3) is 3.73. The summed E-state index contributed by atoms with van der Waals surface area (Å²) in [5, 5.41) is 0.271. The van der Waals surface area contributed by atoms with Crippen LogP contribution in [0.4, 0.5) is 0 Å². The lowest BCUT2D eigenvalue weighted by molar-refractivity contribution is 0.0960. The van der Waals surface area contributed by atoms with Crippen molar-refractivity contribution >= 4 is 40.7 Å². The van der Waals surface area contributed by atoms with E-state index in [9.17, 15) is 4.79 Å².